The fourth-order valence-corrected chi connectivity index (χ4v) is 4.66. The van der Waals surface area contributed by atoms with Crippen molar-refractivity contribution >= 4 is 35.0 Å². The maximum Gasteiger partial charge on any atom is 0.227 e. The number of benzene rings is 1. The quantitative estimate of drug-likeness (QED) is 0.666. The highest BCUT2D eigenvalue weighted by atomic mass is 35.5. The van der Waals surface area contributed by atoms with Crippen LogP contribution in [0, 0.1) is 17.7 Å². The van der Waals surface area contributed by atoms with Gasteiger partial charge in [-0.3, -0.25) is 0 Å². The number of nitrogens with one attached hydrogen (secondary N) is 1. The smallest absolute Gasteiger partial charge is 0.227 e. The molecule has 2 saturated heterocycles. The average Bonchev–Trinajstić information content (AvgIpc) is 2.69. The number of likely N-dealkylation sites (tertiary alicyclic amines) is 1. The van der Waals surface area contributed by atoms with Gasteiger partial charge in [0, 0.05) is 37.7 Å². The Morgan fingerprint density at radius 1 is 1.17 bits per heavy atom. The topological polar surface area (TPSA) is 64.5 Å². The first-order chi connectivity index (χ1) is 14.5. The molecule has 2 N–H and O–H groups in total. The zero-order valence-corrected chi connectivity index (χ0v) is 18.2. The van der Waals surface area contributed by atoms with Crippen LogP contribution in [-0.2, 0) is 6.54 Å². The zero-order valence-electron chi connectivity index (χ0n) is 16.7. The van der Waals surface area contributed by atoms with Crippen molar-refractivity contribution in [3.63, 3.8) is 0 Å². The summed E-state index contributed by atoms with van der Waals surface area (Å²) in [4.78, 5) is 13.5. The van der Waals surface area contributed by atoms with Crippen molar-refractivity contribution in [1.82, 2.24) is 14.9 Å². The summed E-state index contributed by atoms with van der Waals surface area (Å²) < 4.78 is 13.2. The van der Waals surface area contributed by atoms with Crippen LogP contribution >= 0.6 is 23.2 Å². The van der Waals surface area contributed by atoms with Gasteiger partial charge >= 0.3 is 0 Å². The van der Waals surface area contributed by atoms with Gasteiger partial charge < -0.3 is 20.2 Å². The van der Waals surface area contributed by atoms with Gasteiger partial charge in [0.2, 0.25) is 5.95 Å². The Hall–Kier alpha value is -1.67. The lowest BCUT2D eigenvalue weighted by Crippen LogP contribution is -2.54. The van der Waals surface area contributed by atoms with E-state index in [1.54, 1.807) is 12.3 Å². The molecule has 4 rings (SSSR count). The molecule has 30 heavy (non-hydrogen) atoms. The Labute approximate surface area is 186 Å². The number of rotatable bonds is 7. The molecule has 6 nitrogen and oxygen atoms in total. The molecule has 1 atom stereocenters. The first kappa shape index (κ1) is 21.6. The second-order valence-electron chi connectivity index (χ2n) is 8.05. The van der Waals surface area contributed by atoms with Gasteiger partial charge in [-0.05, 0) is 48.9 Å². The average molecular weight is 454 g/mol. The van der Waals surface area contributed by atoms with Gasteiger partial charge in [0.1, 0.15) is 10.8 Å². The van der Waals surface area contributed by atoms with Gasteiger partial charge in [-0.25, -0.2) is 9.37 Å². The molecular weight excluding hydrogens is 428 g/mol. The van der Waals surface area contributed by atoms with Crippen molar-refractivity contribution in [2.75, 3.05) is 49.5 Å². The number of aliphatic hydroxyl groups is 1. The number of hydrogen-bond acceptors (Lipinski definition) is 6. The summed E-state index contributed by atoms with van der Waals surface area (Å²) in [5.41, 5.74) is 0.767. The molecule has 162 valence electrons. The third-order valence-electron chi connectivity index (χ3n) is 6.01. The third-order valence-corrected chi connectivity index (χ3v) is 6.64. The molecule has 0 aliphatic carbocycles. The van der Waals surface area contributed by atoms with E-state index in [0.717, 1.165) is 38.3 Å². The van der Waals surface area contributed by atoms with Crippen molar-refractivity contribution in [1.29, 1.82) is 0 Å². The highest BCUT2D eigenvalue weighted by Crippen LogP contribution is 2.33. The fraction of sp³-hybridized carbons (Fsp3) is 0.524. The Morgan fingerprint density at radius 2 is 2.00 bits per heavy atom. The highest BCUT2D eigenvalue weighted by molar-refractivity contribution is 6.33. The zero-order chi connectivity index (χ0) is 21.1. The molecule has 0 spiro atoms. The molecule has 1 aromatic heterocycles. The van der Waals surface area contributed by atoms with Gasteiger partial charge in [-0.1, -0.05) is 29.3 Å². The minimum absolute atomic E-state index is 0.223. The molecule has 0 radical (unpaired) electrons. The molecule has 0 bridgehead atoms. The number of piperidine rings is 1. The van der Waals surface area contributed by atoms with E-state index in [0.29, 0.717) is 40.2 Å². The second kappa shape index (κ2) is 9.64. The van der Waals surface area contributed by atoms with E-state index >= 15 is 0 Å². The van der Waals surface area contributed by atoms with Crippen LogP contribution < -0.4 is 10.2 Å². The molecule has 2 aliphatic rings. The molecular formula is C21H26Cl2FN5O. The predicted octanol–water partition coefficient (Wildman–Crippen LogP) is 3.68. The Balaban J connectivity index is 1.35. The molecule has 2 fully saturated rings. The van der Waals surface area contributed by atoms with Gasteiger partial charge in [0.25, 0.3) is 0 Å². The number of halogens is 3. The van der Waals surface area contributed by atoms with Crippen LogP contribution in [0.2, 0.25) is 10.0 Å². The van der Waals surface area contributed by atoms with Crippen LogP contribution in [-0.4, -0.2) is 59.3 Å². The van der Waals surface area contributed by atoms with E-state index in [2.05, 4.69) is 25.1 Å². The summed E-state index contributed by atoms with van der Waals surface area (Å²) >= 11 is 12.4. The number of aliphatic hydroxyl groups excluding tert-OH is 1. The first-order valence-electron chi connectivity index (χ1n) is 10.3. The van der Waals surface area contributed by atoms with Gasteiger partial charge in [0.15, 0.2) is 5.82 Å². The summed E-state index contributed by atoms with van der Waals surface area (Å²) in [7, 11) is 0. The van der Waals surface area contributed by atoms with E-state index in [-0.39, 0.29) is 12.4 Å². The van der Waals surface area contributed by atoms with Crippen LogP contribution in [0.5, 0.6) is 0 Å². The van der Waals surface area contributed by atoms with Crippen molar-refractivity contribution in [2.45, 2.75) is 19.4 Å². The Morgan fingerprint density at radius 3 is 2.77 bits per heavy atom. The summed E-state index contributed by atoms with van der Waals surface area (Å²) in [5, 5.41) is 13.2. The van der Waals surface area contributed by atoms with Gasteiger partial charge in [-0.2, -0.15) is 4.98 Å². The Bertz CT molecular complexity index is 878. The number of anilines is 2. The molecule has 3 heterocycles. The monoisotopic (exact) mass is 453 g/mol. The maximum absolute atomic E-state index is 13.2. The van der Waals surface area contributed by atoms with Crippen LogP contribution in [0.4, 0.5) is 16.2 Å². The van der Waals surface area contributed by atoms with Crippen molar-refractivity contribution in [2.24, 2.45) is 11.8 Å². The number of nitrogens with zero attached hydrogens (tertiary/aromatic N) is 4. The van der Waals surface area contributed by atoms with Crippen molar-refractivity contribution in [3.05, 3.63) is 45.8 Å². The standard InChI is InChI=1S/C21H26Cl2FN5O/c22-18-8-17(24)4-3-14(18)9-25-20-19(23)10-26-21(27-20)29-12-16(13-29)15-2-1-5-28(11-15)6-7-30/h3-4,8,10,15-16,30H,1-2,5-7,9,11-13H2,(H,25,26,27). The van der Waals surface area contributed by atoms with Crippen molar-refractivity contribution in [3.8, 4) is 0 Å². The molecule has 9 heteroatoms. The van der Waals surface area contributed by atoms with E-state index < -0.39 is 0 Å². The van der Waals surface area contributed by atoms with E-state index in [1.165, 1.54) is 25.0 Å². The van der Waals surface area contributed by atoms with Crippen LogP contribution in [0.15, 0.2) is 24.4 Å². The fourth-order valence-electron chi connectivity index (χ4n) is 4.27. The predicted molar refractivity (Wildman–Crippen MR) is 118 cm³/mol. The van der Waals surface area contributed by atoms with E-state index in [9.17, 15) is 9.50 Å². The molecule has 2 aromatic rings. The largest absolute Gasteiger partial charge is 0.395 e. The normalized spacial score (nSPS) is 20.3. The molecule has 0 saturated carbocycles. The minimum atomic E-state index is -0.365. The minimum Gasteiger partial charge on any atom is -0.395 e. The summed E-state index contributed by atoms with van der Waals surface area (Å²) in [5.74, 6) is 2.12. The van der Waals surface area contributed by atoms with Gasteiger partial charge in [-0.15, -0.1) is 0 Å². The lowest BCUT2D eigenvalue weighted by molar-refractivity contribution is 0.101. The summed E-state index contributed by atoms with van der Waals surface area (Å²) in [6, 6.07) is 4.31. The summed E-state index contributed by atoms with van der Waals surface area (Å²) in [6.07, 6.45) is 4.04. The SMILES string of the molecule is OCCN1CCCC(C2CN(c3ncc(Cl)c(NCc4ccc(F)cc4Cl)n3)C2)C1. The van der Waals surface area contributed by atoms with Crippen LogP contribution in [0.3, 0.4) is 0 Å². The lowest BCUT2D eigenvalue weighted by atomic mass is 9.81. The molecule has 2 aliphatic heterocycles. The number of aromatic nitrogens is 2. The molecule has 1 aromatic carbocycles. The van der Waals surface area contributed by atoms with Crippen LogP contribution in [0.25, 0.3) is 0 Å². The summed E-state index contributed by atoms with van der Waals surface area (Å²) in [6.45, 7) is 5.39. The van der Waals surface area contributed by atoms with Crippen LogP contribution in [0.1, 0.15) is 18.4 Å². The highest BCUT2D eigenvalue weighted by Gasteiger charge is 2.36. The first-order valence-corrected chi connectivity index (χ1v) is 11.1. The van der Waals surface area contributed by atoms with Crippen molar-refractivity contribution < 1.29 is 9.50 Å². The van der Waals surface area contributed by atoms with Gasteiger partial charge in [0.05, 0.1) is 12.8 Å². The maximum atomic E-state index is 13.2. The van der Waals surface area contributed by atoms with E-state index in [1.807, 2.05) is 0 Å². The molecule has 0 amide bonds. The molecule has 1 unspecified atom stereocenters. The number of β-amino-alcohol motifs (C(OH)–C–C–N with tert-alkyl or cyclic N) is 1. The number of hydrogen-bond donors (Lipinski definition) is 2. The lowest BCUT2D eigenvalue weighted by Gasteiger charge is -2.46. The van der Waals surface area contributed by atoms with E-state index in [4.69, 9.17) is 23.2 Å². The third kappa shape index (κ3) is 4.97. The Kier molecular flexibility index (Phi) is 6.93. The second-order valence-corrected chi connectivity index (χ2v) is 8.86.